The summed E-state index contributed by atoms with van der Waals surface area (Å²) in [6.07, 6.45) is 0. The van der Waals surface area contributed by atoms with E-state index in [9.17, 15) is 0 Å². The van der Waals surface area contributed by atoms with Crippen molar-refractivity contribution < 1.29 is 9.26 Å². The molecular formula is C11H13ClN2O2. The molecule has 0 amide bonds. The van der Waals surface area contributed by atoms with Gasteiger partial charge in [0.2, 0.25) is 0 Å². The van der Waals surface area contributed by atoms with Crippen molar-refractivity contribution in [2.24, 2.45) is 5.73 Å². The lowest BCUT2D eigenvalue weighted by atomic mass is 10.1. The Balaban J connectivity index is 2.28. The van der Waals surface area contributed by atoms with E-state index in [4.69, 9.17) is 26.6 Å². The molecule has 0 spiro atoms. The van der Waals surface area contributed by atoms with Crippen LogP contribution in [0.15, 0.2) is 22.7 Å². The van der Waals surface area contributed by atoms with Crippen LogP contribution >= 0.6 is 11.6 Å². The fourth-order valence-corrected chi connectivity index (χ4v) is 1.42. The standard InChI is InChI=1S/C11H13ClN2O2/c1-11(2,13)6-15-10-8-5-7(12)3-4-9(8)16-14-10/h3-5H,6,13H2,1-2H3. The maximum Gasteiger partial charge on any atom is 0.262 e. The maximum atomic E-state index is 5.89. The number of hydrogen-bond donors (Lipinski definition) is 1. The van der Waals surface area contributed by atoms with Crippen LogP contribution in [0.25, 0.3) is 11.0 Å². The smallest absolute Gasteiger partial charge is 0.262 e. The van der Waals surface area contributed by atoms with Crippen LogP contribution in [0.3, 0.4) is 0 Å². The number of halogens is 1. The summed E-state index contributed by atoms with van der Waals surface area (Å²) in [5, 5.41) is 5.21. The molecule has 0 aliphatic carbocycles. The molecule has 0 saturated heterocycles. The van der Waals surface area contributed by atoms with Crippen LogP contribution in [0.2, 0.25) is 5.02 Å². The van der Waals surface area contributed by atoms with Crippen molar-refractivity contribution in [1.82, 2.24) is 5.16 Å². The molecule has 1 heterocycles. The molecule has 2 aromatic rings. The van der Waals surface area contributed by atoms with Gasteiger partial charge in [-0.15, -0.1) is 0 Å². The van der Waals surface area contributed by atoms with Gasteiger partial charge in [-0.25, -0.2) is 0 Å². The van der Waals surface area contributed by atoms with E-state index in [2.05, 4.69) is 5.16 Å². The molecule has 0 saturated carbocycles. The molecule has 86 valence electrons. The van der Waals surface area contributed by atoms with E-state index in [1.54, 1.807) is 18.2 Å². The molecule has 0 unspecified atom stereocenters. The zero-order chi connectivity index (χ0) is 11.8. The third kappa shape index (κ3) is 2.46. The van der Waals surface area contributed by atoms with Gasteiger partial charge in [0.15, 0.2) is 5.58 Å². The first kappa shape index (κ1) is 11.2. The predicted octanol–water partition coefficient (Wildman–Crippen LogP) is 2.60. The summed E-state index contributed by atoms with van der Waals surface area (Å²) in [6.45, 7) is 4.12. The van der Waals surface area contributed by atoms with E-state index in [1.807, 2.05) is 13.8 Å². The van der Waals surface area contributed by atoms with Crippen molar-refractivity contribution in [1.29, 1.82) is 0 Å². The second kappa shape index (κ2) is 3.96. The van der Waals surface area contributed by atoms with Gasteiger partial charge < -0.3 is 15.0 Å². The van der Waals surface area contributed by atoms with Crippen LogP contribution in [0.4, 0.5) is 0 Å². The lowest BCUT2D eigenvalue weighted by Gasteiger charge is -2.17. The van der Waals surface area contributed by atoms with E-state index in [0.717, 1.165) is 5.39 Å². The van der Waals surface area contributed by atoms with Gasteiger partial charge in [-0.05, 0) is 37.2 Å². The highest BCUT2D eigenvalue weighted by atomic mass is 35.5. The van der Waals surface area contributed by atoms with Crippen molar-refractivity contribution in [3.05, 3.63) is 23.2 Å². The Morgan fingerprint density at radius 3 is 2.94 bits per heavy atom. The van der Waals surface area contributed by atoms with Gasteiger partial charge in [0.25, 0.3) is 5.88 Å². The fraction of sp³-hybridized carbons (Fsp3) is 0.364. The molecule has 2 rings (SSSR count). The van der Waals surface area contributed by atoms with Crippen molar-refractivity contribution in [2.45, 2.75) is 19.4 Å². The van der Waals surface area contributed by atoms with Crippen LogP contribution < -0.4 is 10.5 Å². The topological polar surface area (TPSA) is 61.3 Å². The molecule has 0 bridgehead atoms. The van der Waals surface area contributed by atoms with Crippen LogP contribution in [-0.2, 0) is 0 Å². The number of nitrogens with zero attached hydrogens (tertiary/aromatic N) is 1. The summed E-state index contributed by atoms with van der Waals surface area (Å²) < 4.78 is 10.6. The molecule has 16 heavy (non-hydrogen) atoms. The molecular weight excluding hydrogens is 228 g/mol. The summed E-state index contributed by atoms with van der Waals surface area (Å²) in [4.78, 5) is 0. The summed E-state index contributed by atoms with van der Waals surface area (Å²) >= 11 is 5.89. The minimum absolute atomic E-state index is 0.362. The molecule has 0 radical (unpaired) electrons. The van der Waals surface area contributed by atoms with E-state index >= 15 is 0 Å². The Morgan fingerprint density at radius 1 is 1.50 bits per heavy atom. The number of ether oxygens (including phenoxy) is 1. The zero-order valence-electron chi connectivity index (χ0n) is 9.16. The molecule has 0 aliphatic rings. The average molecular weight is 241 g/mol. The van der Waals surface area contributed by atoms with Crippen molar-refractivity contribution >= 4 is 22.6 Å². The number of hydrogen-bond acceptors (Lipinski definition) is 4. The highest BCUT2D eigenvalue weighted by molar-refractivity contribution is 6.31. The van der Waals surface area contributed by atoms with Gasteiger partial charge in [0, 0.05) is 10.6 Å². The molecule has 1 aromatic heterocycles. The largest absolute Gasteiger partial charge is 0.473 e. The van der Waals surface area contributed by atoms with E-state index in [1.165, 1.54) is 0 Å². The summed E-state index contributed by atoms with van der Waals surface area (Å²) in [7, 11) is 0. The molecule has 1 aromatic carbocycles. The molecule has 5 heteroatoms. The molecule has 4 nitrogen and oxygen atoms in total. The lowest BCUT2D eigenvalue weighted by Crippen LogP contribution is -2.38. The van der Waals surface area contributed by atoms with Gasteiger partial charge >= 0.3 is 0 Å². The van der Waals surface area contributed by atoms with Gasteiger partial charge in [-0.2, -0.15) is 0 Å². The van der Waals surface area contributed by atoms with Crippen molar-refractivity contribution in [2.75, 3.05) is 6.61 Å². The van der Waals surface area contributed by atoms with Crippen molar-refractivity contribution in [3.8, 4) is 5.88 Å². The number of fused-ring (bicyclic) bond motifs is 1. The normalized spacial score (nSPS) is 12.0. The number of nitrogens with two attached hydrogens (primary N) is 1. The van der Waals surface area contributed by atoms with Crippen molar-refractivity contribution in [3.63, 3.8) is 0 Å². The maximum absolute atomic E-state index is 5.89. The van der Waals surface area contributed by atoms with E-state index in [-0.39, 0.29) is 0 Å². The number of benzene rings is 1. The van der Waals surface area contributed by atoms with Crippen LogP contribution in [0.5, 0.6) is 5.88 Å². The average Bonchev–Trinajstić information content (AvgIpc) is 2.56. The highest BCUT2D eigenvalue weighted by Gasteiger charge is 2.15. The minimum atomic E-state index is -0.413. The number of rotatable bonds is 3. The van der Waals surface area contributed by atoms with Crippen LogP contribution in [0.1, 0.15) is 13.8 Å². The Morgan fingerprint density at radius 2 is 2.25 bits per heavy atom. The summed E-state index contributed by atoms with van der Waals surface area (Å²) in [6, 6.07) is 5.25. The third-order valence-electron chi connectivity index (χ3n) is 1.98. The Hall–Kier alpha value is -1.26. The highest BCUT2D eigenvalue weighted by Crippen LogP contribution is 2.27. The van der Waals surface area contributed by atoms with E-state index < -0.39 is 5.54 Å². The molecule has 0 fully saturated rings. The first-order valence-corrected chi connectivity index (χ1v) is 5.30. The fourth-order valence-electron chi connectivity index (χ4n) is 1.25. The molecule has 2 N–H and O–H groups in total. The first-order valence-electron chi connectivity index (χ1n) is 4.92. The Kier molecular flexibility index (Phi) is 2.78. The van der Waals surface area contributed by atoms with Gasteiger partial charge in [0.1, 0.15) is 6.61 Å². The second-order valence-electron chi connectivity index (χ2n) is 4.41. The zero-order valence-corrected chi connectivity index (χ0v) is 9.91. The van der Waals surface area contributed by atoms with Crippen LogP contribution in [0, 0.1) is 0 Å². The molecule has 0 aliphatic heterocycles. The summed E-state index contributed by atoms with van der Waals surface area (Å²) in [5.74, 6) is 0.427. The number of aromatic nitrogens is 1. The lowest BCUT2D eigenvalue weighted by molar-refractivity contribution is 0.225. The van der Waals surface area contributed by atoms with Crippen LogP contribution in [-0.4, -0.2) is 17.3 Å². The SMILES string of the molecule is CC(C)(N)COc1noc2ccc(Cl)cc12. The predicted molar refractivity (Wildman–Crippen MR) is 62.8 cm³/mol. The second-order valence-corrected chi connectivity index (χ2v) is 4.84. The van der Waals surface area contributed by atoms with Gasteiger partial charge in [-0.1, -0.05) is 11.6 Å². The Labute approximate surface area is 98.3 Å². The first-order chi connectivity index (χ1) is 7.46. The minimum Gasteiger partial charge on any atom is -0.473 e. The quantitative estimate of drug-likeness (QED) is 0.896. The van der Waals surface area contributed by atoms with Gasteiger partial charge in [-0.3, -0.25) is 0 Å². The Bertz CT molecular complexity index is 502. The van der Waals surface area contributed by atoms with E-state index in [0.29, 0.717) is 23.1 Å². The van der Waals surface area contributed by atoms with Gasteiger partial charge in [0.05, 0.1) is 5.39 Å². The summed E-state index contributed by atoms with van der Waals surface area (Å²) in [5.41, 5.74) is 6.05. The monoisotopic (exact) mass is 240 g/mol. The molecule has 0 atom stereocenters. The third-order valence-corrected chi connectivity index (χ3v) is 2.21.